The molecule has 6 nitrogen and oxygen atoms in total. The molecule has 0 saturated heterocycles. The van der Waals surface area contributed by atoms with Crippen LogP contribution in [0, 0.1) is 6.92 Å². The molecule has 0 unspecified atom stereocenters. The highest BCUT2D eigenvalue weighted by Crippen LogP contribution is 2.11. The maximum absolute atomic E-state index is 11.7. The van der Waals surface area contributed by atoms with E-state index in [2.05, 4.69) is 20.5 Å². The van der Waals surface area contributed by atoms with Crippen LogP contribution in [-0.2, 0) is 6.61 Å². The number of aryl methyl sites for hydroxylation is 1. The van der Waals surface area contributed by atoms with Crippen molar-refractivity contribution < 1.29 is 9.90 Å². The van der Waals surface area contributed by atoms with Gasteiger partial charge in [-0.25, -0.2) is 4.98 Å². The molecule has 17 heavy (non-hydrogen) atoms. The van der Waals surface area contributed by atoms with Gasteiger partial charge in [0.2, 0.25) is 5.82 Å². The number of nitrogens with one attached hydrogen (secondary N) is 2. The highest BCUT2D eigenvalue weighted by molar-refractivity contribution is 6.01. The fourth-order valence-electron chi connectivity index (χ4n) is 1.38. The number of aliphatic hydroxyl groups excluding tert-OH is 1. The number of anilines is 1. The molecule has 0 saturated carbocycles. The number of carbonyl (C=O) groups excluding carboxylic acids is 1. The van der Waals surface area contributed by atoms with E-state index in [0.29, 0.717) is 11.5 Å². The molecule has 0 spiro atoms. The van der Waals surface area contributed by atoms with E-state index in [1.54, 1.807) is 31.2 Å². The molecule has 1 aromatic heterocycles. The lowest BCUT2D eigenvalue weighted by atomic mass is 10.2. The van der Waals surface area contributed by atoms with Crippen LogP contribution in [0.15, 0.2) is 24.3 Å². The summed E-state index contributed by atoms with van der Waals surface area (Å²) >= 11 is 0. The minimum absolute atomic E-state index is 0.0660. The van der Waals surface area contributed by atoms with Gasteiger partial charge in [-0.3, -0.25) is 9.89 Å². The van der Waals surface area contributed by atoms with Gasteiger partial charge in [0.1, 0.15) is 5.82 Å². The van der Waals surface area contributed by atoms with Crippen LogP contribution in [-0.4, -0.2) is 26.2 Å². The largest absolute Gasteiger partial charge is 0.392 e. The lowest BCUT2D eigenvalue weighted by Gasteiger charge is -2.03. The van der Waals surface area contributed by atoms with Crippen molar-refractivity contribution >= 4 is 11.6 Å². The van der Waals surface area contributed by atoms with Crippen LogP contribution in [0.3, 0.4) is 0 Å². The van der Waals surface area contributed by atoms with Gasteiger partial charge in [0.25, 0.3) is 5.91 Å². The number of H-pyrrole nitrogens is 1. The smallest absolute Gasteiger partial charge is 0.295 e. The maximum atomic E-state index is 11.7. The van der Waals surface area contributed by atoms with Crippen molar-refractivity contribution in [3.8, 4) is 0 Å². The number of hydrogen-bond acceptors (Lipinski definition) is 4. The number of nitrogens with zero attached hydrogens (tertiary/aromatic N) is 2. The molecule has 0 aliphatic rings. The van der Waals surface area contributed by atoms with E-state index in [4.69, 9.17) is 5.11 Å². The van der Waals surface area contributed by atoms with Crippen molar-refractivity contribution in [3.05, 3.63) is 41.5 Å². The van der Waals surface area contributed by atoms with Crippen molar-refractivity contribution in [2.45, 2.75) is 13.5 Å². The number of benzene rings is 1. The second-order valence-electron chi connectivity index (χ2n) is 3.56. The van der Waals surface area contributed by atoms with Crippen molar-refractivity contribution in [2.24, 2.45) is 0 Å². The Bertz CT molecular complexity index is 536. The van der Waals surface area contributed by atoms with Crippen molar-refractivity contribution in [3.63, 3.8) is 0 Å². The molecule has 0 bridgehead atoms. The van der Waals surface area contributed by atoms with E-state index in [1.165, 1.54) is 0 Å². The fourth-order valence-corrected chi connectivity index (χ4v) is 1.38. The highest BCUT2D eigenvalue weighted by atomic mass is 16.3. The monoisotopic (exact) mass is 232 g/mol. The van der Waals surface area contributed by atoms with Crippen LogP contribution in [0.2, 0.25) is 0 Å². The first-order valence-corrected chi connectivity index (χ1v) is 5.09. The summed E-state index contributed by atoms with van der Waals surface area (Å²) in [6, 6.07) is 6.95. The number of carbonyl (C=O) groups is 1. The summed E-state index contributed by atoms with van der Waals surface area (Å²) in [6.45, 7) is 1.65. The van der Waals surface area contributed by atoms with Gasteiger partial charge in [-0.1, -0.05) is 12.1 Å². The first kappa shape index (κ1) is 11.3. The van der Waals surface area contributed by atoms with Gasteiger partial charge in [-0.15, -0.1) is 5.10 Å². The van der Waals surface area contributed by atoms with Crippen molar-refractivity contribution in [1.82, 2.24) is 15.2 Å². The van der Waals surface area contributed by atoms with Gasteiger partial charge in [0.15, 0.2) is 0 Å². The summed E-state index contributed by atoms with van der Waals surface area (Å²) in [5, 5.41) is 18.0. The summed E-state index contributed by atoms with van der Waals surface area (Å²) in [7, 11) is 0. The number of aromatic nitrogens is 3. The predicted molar refractivity (Wildman–Crippen MR) is 61.4 cm³/mol. The molecule has 1 aromatic carbocycles. The summed E-state index contributed by atoms with van der Waals surface area (Å²) in [6.07, 6.45) is 0. The summed E-state index contributed by atoms with van der Waals surface area (Å²) in [4.78, 5) is 15.6. The Morgan fingerprint density at radius 3 is 3.00 bits per heavy atom. The van der Waals surface area contributed by atoms with Crippen LogP contribution in [0.5, 0.6) is 0 Å². The number of aromatic amines is 1. The van der Waals surface area contributed by atoms with E-state index < -0.39 is 0 Å². The third-order valence-corrected chi connectivity index (χ3v) is 2.17. The predicted octanol–water partition coefficient (Wildman–Crippen LogP) is 0.858. The molecule has 0 fully saturated rings. The summed E-state index contributed by atoms with van der Waals surface area (Å²) in [5.74, 6) is 0.292. The maximum Gasteiger partial charge on any atom is 0.295 e. The first-order chi connectivity index (χ1) is 8.19. The third-order valence-electron chi connectivity index (χ3n) is 2.17. The molecule has 2 aromatic rings. The van der Waals surface area contributed by atoms with Gasteiger partial charge in [0.05, 0.1) is 6.61 Å². The molecule has 1 heterocycles. The molecule has 88 valence electrons. The second kappa shape index (κ2) is 4.75. The number of rotatable bonds is 3. The number of amides is 1. The second-order valence-corrected chi connectivity index (χ2v) is 3.56. The molecule has 0 atom stereocenters. The van der Waals surface area contributed by atoms with Crippen molar-refractivity contribution in [1.29, 1.82) is 0 Å². The summed E-state index contributed by atoms with van der Waals surface area (Å²) in [5.41, 5.74) is 1.33. The van der Waals surface area contributed by atoms with Crippen molar-refractivity contribution in [2.75, 3.05) is 5.32 Å². The Kier molecular flexibility index (Phi) is 3.15. The molecule has 3 N–H and O–H groups in total. The molecule has 0 aliphatic heterocycles. The average molecular weight is 232 g/mol. The van der Waals surface area contributed by atoms with E-state index in [1.807, 2.05) is 0 Å². The highest BCUT2D eigenvalue weighted by Gasteiger charge is 2.11. The zero-order valence-corrected chi connectivity index (χ0v) is 9.27. The Balaban J connectivity index is 2.12. The Morgan fingerprint density at radius 1 is 1.53 bits per heavy atom. The van der Waals surface area contributed by atoms with Crippen LogP contribution in [0.1, 0.15) is 22.0 Å². The first-order valence-electron chi connectivity index (χ1n) is 5.09. The molecule has 0 radical (unpaired) electrons. The van der Waals surface area contributed by atoms with Gasteiger partial charge in [-0.2, -0.15) is 0 Å². The minimum Gasteiger partial charge on any atom is -0.392 e. The van der Waals surface area contributed by atoms with Crippen LogP contribution >= 0.6 is 0 Å². The molecular formula is C11H12N4O2. The Hall–Kier alpha value is -2.21. The lowest BCUT2D eigenvalue weighted by molar-refractivity contribution is 0.101. The van der Waals surface area contributed by atoms with Gasteiger partial charge in [0, 0.05) is 5.69 Å². The lowest BCUT2D eigenvalue weighted by Crippen LogP contribution is -2.13. The van der Waals surface area contributed by atoms with E-state index in [9.17, 15) is 4.79 Å². The van der Waals surface area contributed by atoms with E-state index in [-0.39, 0.29) is 18.3 Å². The molecule has 6 heteroatoms. The average Bonchev–Trinajstić information content (AvgIpc) is 2.76. The van der Waals surface area contributed by atoms with Crippen LogP contribution in [0.25, 0.3) is 0 Å². The molecule has 2 rings (SSSR count). The Labute approximate surface area is 97.7 Å². The van der Waals surface area contributed by atoms with Gasteiger partial charge in [-0.05, 0) is 24.6 Å². The van der Waals surface area contributed by atoms with Crippen LogP contribution in [0.4, 0.5) is 5.69 Å². The van der Waals surface area contributed by atoms with Gasteiger partial charge >= 0.3 is 0 Å². The van der Waals surface area contributed by atoms with E-state index >= 15 is 0 Å². The SMILES string of the molecule is Cc1nc(C(=O)Nc2cccc(CO)c2)n[nH]1. The Morgan fingerprint density at radius 2 is 2.35 bits per heavy atom. The molecule has 0 aliphatic carbocycles. The van der Waals surface area contributed by atoms with Gasteiger partial charge < -0.3 is 10.4 Å². The zero-order valence-electron chi connectivity index (χ0n) is 9.27. The van der Waals surface area contributed by atoms with E-state index in [0.717, 1.165) is 5.56 Å². The quantitative estimate of drug-likeness (QED) is 0.731. The van der Waals surface area contributed by atoms with Crippen LogP contribution < -0.4 is 5.32 Å². The third kappa shape index (κ3) is 2.67. The molecule has 1 amide bonds. The zero-order chi connectivity index (χ0) is 12.3. The standard InChI is InChI=1S/C11H12N4O2/c1-7-12-10(15-14-7)11(17)13-9-4-2-3-8(5-9)6-16/h2-5,16H,6H2,1H3,(H,13,17)(H,12,14,15). The normalized spacial score (nSPS) is 10.2. The number of hydrogen-bond donors (Lipinski definition) is 3. The fraction of sp³-hybridized carbons (Fsp3) is 0.182. The topological polar surface area (TPSA) is 90.9 Å². The summed E-state index contributed by atoms with van der Waals surface area (Å²) < 4.78 is 0. The number of aliphatic hydroxyl groups is 1. The molecular weight excluding hydrogens is 220 g/mol. The minimum atomic E-state index is -0.385.